The van der Waals surface area contributed by atoms with Crippen molar-refractivity contribution in [3.05, 3.63) is 65.9 Å². The maximum atomic E-state index is 13.3. The predicted molar refractivity (Wildman–Crippen MR) is 156 cm³/mol. The molecule has 42 heavy (non-hydrogen) atoms. The Morgan fingerprint density at radius 1 is 0.929 bits per heavy atom. The zero-order valence-electron chi connectivity index (χ0n) is 22.9. The maximum Gasteiger partial charge on any atom is 0.326 e. The molecule has 224 valence electrons. The van der Waals surface area contributed by atoms with E-state index in [2.05, 4.69) is 25.9 Å². The molecule has 0 spiro atoms. The van der Waals surface area contributed by atoms with Crippen LogP contribution < -0.4 is 33.2 Å². The Balaban J connectivity index is 1.65. The van der Waals surface area contributed by atoms with E-state index in [1.165, 1.54) is 12.1 Å². The van der Waals surface area contributed by atoms with Crippen LogP contribution >= 0.6 is 0 Å². The van der Waals surface area contributed by atoms with E-state index >= 15 is 0 Å². The number of guanidine groups is 1. The van der Waals surface area contributed by atoms with E-state index < -0.39 is 48.4 Å². The minimum atomic E-state index is -1.28. The first-order chi connectivity index (χ1) is 20.0. The number of para-hydroxylation sites is 1. The molecule has 3 atom stereocenters. The molecule has 14 nitrogen and oxygen atoms in total. The highest BCUT2D eigenvalue weighted by Gasteiger charge is 2.28. The van der Waals surface area contributed by atoms with Crippen LogP contribution in [-0.2, 0) is 32.0 Å². The minimum Gasteiger partial charge on any atom is -0.508 e. The Labute approximate surface area is 241 Å². The van der Waals surface area contributed by atoms with Crippen LogP contribution in [0.15, 0.2) is 59.7 Å². The Hall–Kier alpha value is -5.11. The van der Waals surface area contributed by atoms with Gasteiger partial charge in [-0.2, -0.15) is 0 Å². The molecular weight excluding hydrogens is 544 g/mol. The SMILES string of the molecule is NC(N)=NCCCC(N)C(=O)NCC(=O)NC(Cc1ccc(O)cc1)C(=O)NC(Cc1c[nH]c2ccccc12)C(=O)O. The zero-order chi connectivity index (χ0) is 30.6. The average molecular weight is 581 g/mol. The predicted octanol–water partition coefficient (Wildman–Crippen LogP) is -0.790. The van der Waals surface area contributed by atoms with Crippen LogP contribution in [0.5, 0.6) is 5.75 Å². The molecule has 12 N–H and O–H groups in total. The smallest absolute Gasteiger partial charge is 0.326 e. The van der Waals surface area contributed by atoms with Crippen molar-refractivity contribution in [3.63, 3.8) is 0 Å². The summed E-state index contributed by atoms with van der Waals surface area (Å²) in [6.07, 6.45) is 2.42. The molecule has 1 aromatic heterocycles. The first kappa shape index (κ1) is 31.4. The summed E-state index contributed by atoms with van der Waals surface area (Å²) in [5.41, 5.74) is 18.5. The molecule has 0 bridgehead atoms. The van der Waals surface area contributed by atoms with Gasteiger partial charge in [0.2, 0.25) is 17.7 Å². The molecular formula is C28H36N8O6. The fourth-order valence-electron chi connectivity index (χ4n) is 4.26. The number of hydrogen-bond acceptors (Lipinski definition) is 7. The van der Waals surface area contributed by atoms with E-state index in [-0.39, 0.29) is 31.0 Å². The van der Waals surface area contributed by atoms with E-state index in [1.54, 1.807) is 18.3 Å². The molecule has 1 heterocycles. The second kappa shape index (κ2) is 15.0. The third kappa shape index (κ3) is 9.52. The molecule has 3 aromatic rings. The van der Waals surface area contributed by atoms with E-state index in [0.717, 1.165) is 10.9 Å². The van der Waals surface area contributed by atoms with Crippen LogP contribution in [0.25, 0.3) is 10.9 Å². The van der Waals surface area contributed by atoms with Crippen LogP contribution in [0.3, 0.4) is 0 Å². The van der Waals surface area contributed by atoms with Gasteiger partial charge in [0.15, 0.2) is 5.96 Å². The summed E-state index contributed by atoms with van der Waals surface area (Å²) in [6, 6.07) is 10.0. The van der Waals surface area contributed by atoms with Gasteiger partial charge in [0, 0.05) is 36.5 Å². The number of H-pyrrole nitrogens is 1. The lowest BCUT2D eigenvalue weighted by molar-refractivity contribution is -0.142. The van der Waals surface area contributed by atoms with Crippen molar-refractivity contribution < 1.29 is 29.4 Å². The minimum absolute atomic E-state index is 0.00208. The van der Waals surface area contributed by atoms with Gasteiger partial charge < -0.3 is 48.3 Å². The monoisotopic (exact) mass is 580 g/mol. The fourth-order valence-corrected chi connectivity index (χ4v) is 4.26. The second-order valence-corrected chi connectivity index (χ2v) is 9.73. The second-order valence-electron chi connectivity index (χ2n) is 9.73. The summed E-state index contributed by atoms with van der Waals surface area (Å²) in [4.78, 5) is 57.3. The van der Waals surface area contributed by atoms with E-state index in [4.69, 9.17) is 17.2 Å². The van der Waals surface area contributed by atoms with Crippen LogP contribution in [-0.4, -0.2) is 76.1 Å². The highest BCUT2D eigenvalue weighted by molar-refractivity contribution is 5.93. The Morgan fingerprint density at radius 2 is 1.64 bits per heavy atom. The number of nitrogens with two attached hydrogens (primary N) is 3. The summed E-state index contributed by atoms with van der Waals surface area (Å²) < 4.78 is 0. The number of benzene rings is 2. The normalized spacial score (nSPS) is 13.0. The van der Waals surface area contributed by atoms with Gasteiger partial charge in [0.05, 0.1) is 12.6 Å². The molecule has 0 saturated carbocycles. The summed E-state index contributed by atoms with van der Waals surface area (Å²) in [5.74, 6) is -3.28. The van der Waals surface area contributed by atoms with Gasteiger partial charge in [0.25, 0.3) is 0 Å². The molecule has 0 aliphatic heterocycles. The van der Waals surface area contributed by atoms with Crippen molar-refractivity contribution in [2.75, 3.05) is 13.1 Å². The van der Waals surface area contributed by atoms with Gasteiger partial charge in [-0.15, -0.1) is 0 Å². The number of aliphatic imine (C=N–C) groups is 1. The van der Waals surface area contributed by atoms with Gasteiger partial charge in [-0.25, -0.2) is 4.79 Å². The molecule has 0 aliphatic carbocycles. The number of carboxylic acids is 1. The number of amides is 3. The van der Waals surface area contributed by atoms with Crippen molar-refractivity contribution in [2.45, 2.75) is 43.8 Å². The number of fused-ring (bicyclic) bond motifs is 1. The number of hydrogen-bond donors (Lipinski definition) is 9. The number of aromatic hydroxyl groups is 1. The van der Waals surface area contributed by atoms with Gasteiger partial charge in [-0.05, 0) is 42.2 Å². The maximum absolute atomic E-state index is 13.3. The Morgan fingerprint density at radius 3 is 2.33 bits per heavy atom. The van der Waals surface area contributed by atoms with Crippen LogP contribution in [0, 0.1) is 0 Å². The summed E-state index contributed by atoms with van der Waals surface area (Å²) in [5, 5.41) is 27.8. The molecule has 0 radical (unpaired) electrons. The van der Waals surface area contributed by atoms with Crippen LogP contribution in [0.2, 0.25) is 0 Å². The van der Waals surface area contributed by atoms with Gasteiger partial charge in [-0.1, -0.05) is 30.3 Å². The molecule has 14 heteroatoms. The number of aliphatic carboxylic acids is 1. The number of carbonyl (C=O) groups is 4. The van der Waals surface area contributed by atoms with E-state index in [1.807, 2.05) is 24.3 Å². The van der Waals surface area contributed by atoms with Crippen LogP contribution in [0.1, 0.15) is 24.0 Å². The van der Waals surface area contributed by atoms with Crippen molar-refractivity contribution >= 4 is 40.6 Å². The van der Waals surface area contributed by atoms with E-state index in [9.17, 15) is 29.4 Å². The molecule has 0 fully saturated rings. The number of aromatic amines is 1. The largest absolute Gasteiger partial charge is 0.508 e. The van der Waals surface area contributed by atoms with Crippen molar-refractivity contribution in [2.24, 2.45) is 22.2 Å². The summed E-state index contributed by atoms with van der Waals surface area (Å²) >= 11 is 0. The van der Waals surface area contributed by atoms with Gasteiger partial charge in [0.1, 0.15) is 17.8 Å². The third-order valence-electron chi connectivity index (χ3n) is 6.47. The van der Waals surface area contributed by atoms with E-state index in [0.29, 0.717) is 24.1 Å². The number of carboxylic acid groups (broad SMARTS) is 1. The highest BCUT2D eigenvalue weighted by Crippen LogP contribution is 2.19. The Kier molecular flexibility index (Phi) is 11.3. The fraction of sp³-hybridized carbons (Fsp3) is 0.321. The summed E-state index contributed by atoms with van der Waals surface area (Å²) in [6.45, 7) is -0.160. The standard InChI is InChI=1S/C28H36N8O6/c29-20(5-3-11-32-28(30)31)25(39)34-15-24(38)35-22(12-16-7-9-18(37)10-8-16)26(40)36-23(27(41)42)13-17-14-33-21-6-2-1-4-19(17)21/h1-2,4,6-10,14,20,22-23,33,37H,3,5,11-13,15,29H2,(H,34,39)(H,35,38)(H,36,40)(H,41,42)(H4,30,31,32). The average Bonchev–Trinajstić information content (AvgIpc) is 3.36. The van der Waals surface area contributed by atoms with Crippen molar-refractivity contribution in [3.8, 4) is 5.75 Å². The highest BCUT2D eigenvalue weighted by atomic mass is 16.4. The molecule has 0 aliphatic rings. The summed E-state index contributed by atoms with van der Waals surface area (Å²) in [7, 11) is 0. The first-order valence-electron chi connectivity index (χ1n) is 13.3. The number of phenols is 1. The topological polar surface area (TPSA) is 251 Å². The molecule has 3 amide bonds. The number of carbonyl (C=O) groups excluding carboxylic acids is 3. The number of rotatable bonds is 15. The lowest BCUT2D eigenvalue weighted by Crippen LogP contribution is -2.54. The number of aromatic nitrogens is 1. The molecule has 3 rings (SSSR count). The molecule has 2 aromatic carbocycles. The zero-order valence-corrected chi connectivity index (χ0v) is 22.9. The van der Waals surface area contributed by atoms with Gasteiger partial charge >= 0.3 is 5.97 Å². The first-order valence-corrected chi connectivity index (χ1v) is 13.3. The van der Waals surface area contributed by atoms with Gasteiger partial charge in [-0.3, -0.25) is 19.4 Å². The van der Waals surface area contributed by atoms with Crippen molar-refractivity contribution in [1.29, 1.82) is 0 Å². The lowest BCUT2D eigenvalue weighted by Gasteiger charge is -2.22. The number of nitrogens with zero attached hydrogens (tertiary/aromatic N) is 1. The van der Waals surface area contributed by atoms with Crippen LogP contribution in [0.4, 0.5) is 0 Å². The lowest BCUT2D eigenvalue weighted by atomic mass is 10.0. The molecule has 3 unspecified atom stereocenters. The quantitative estimate of drug-likeness (QED) is 0.0619. The Bertz CT molecular complexity index is 1420. The van der Waals surface area contributed by atoms with Crippen molar-refractivity contribution in [1.82, 2.24) is 20.9 Å². The molecule has 0 saturated heterocycles. The number of nitrogens with one attached hydrogen (secondary N) is 4. The number of phenolic OH excluding ortho intramolecular Hbond substituents is 1. The third-order valence-corrected chi connectivity index (χ3v) is 6.47.